The van der Waals surface area contributed by atoms with Gasteiger partial charge >= 0.3 is 6.08 Å². The van der Waals surface area contributed by atoms with Crippen molar-refractivity contribution in [3.63, 3.8) is 0 Å². The third-order valence-corrected chi connectivity index (χ3v) is 3.16. The summed E-state index contributed by atoms with van der Waals surface area (Å²) in [6.07, 6.45) is 4.65. The van der Waals surface area contributed by atoms with Crippen molar-refractivity contribution >= 4 is 0 Å². The van der Waals surface area contributed by atoms with E-state index in [0.29, 0.717) is 19.2 Å². The van der Waals surface area contributed by atoms with Crippen LogP contribution in [0.4, 0.5) is 0 Å². The molecule has 0 aromatic carbocycles. The molecular weight excluding hydrogens is 242 g/mol. The molecule has 1 fully saturated rings. The minimum Gasteiger partial charge on any atom is -0.449 e. The first kappa shape index (κ1) is 14.3. The van der Waals surface area contributed by atoms with Gasteiger partial charge in [0, 0.05) is 18.6 Å². The molecule has 0 saturated carbocycles. The summed E-state index contributed by atoms with van der Waals surface area (Å²) in [7, 11) is 0. The summed E-state index contributed by atoms with van der Waals surface area (Å²) in [5.74, 6) is 0. The summed E-state index contributed by atoms with van der Waals surface area (Å²) in [5.41, 5.74) is 0.960. The monoisotopic (exact) mass is 267 g/mol. The Balaban J connectivity index is 1.68. The molecular formula is C14H25N3O2. The van der Waals surface area contributed by atoms with Crippen LogP contribution in [-0.2, 0) is 6.54 Å². The van der Waals surface area contributed by atoms with Crippen LogP contribution in [0, 0.1) is 0 Å². The summed E-state index contributed by atoms with van der Waals surface area (Å²) in [6.45, 7) is 11.1. The van der Waals surface area contributed by atoms with Crippen LogP contribution in [0.5, 0.6) is 6.08 Å². The first-order valence-corrected chi connectivity index (χ1v) is 7.07. The zero-order chi connectivity index (χ0) is 13.7. The molecule has 2 rings (SSSR count). The number of nitrogens with zero attached hydrogens (tertiary/aromatic N) is 2. The molecule has 0 aliphatic carbocycles. The van der Waals surface area contributed by atoms with Crippen LogP contribution in [0.15, 0.2) is 10.7 Å². The third kappa shape index (κ3) is 5.20. The zero-order valence-electron chi connectivity index (χ0n) is 12.2. The largest absolute Gasteiger partial charge is 0.449 e. The van der Waals surface area contributed by atoms with Gasteiger partial charge in [-0.15, -0.1) is 0 Å². The minimum absolute atomic E-state index is 0.0791. The number of ether oxygens (including phenoxy) is 1. The molecule has 19 heavy (non-hydrogen) atoms. The summed E-state index contributed by atoms with van der Waals surface area (Å²) < 4.78 is 10.8. The fraction of sp³-hybridized carbons (Fsp3) is 0.786. The summed E-state index contributed by atoms with van der Waals surface area (Å²) in [4.78, 5) is 6.72. The molecule has 5 heteroatoms. The van der Waals surface area contributed by atoms with Crippen molar-refractivity contribution < 1.29 is 9.15 Å². The first-order chi connectivity index (χ1) is 9.03. The Morgan fingerprint density at radius 1 is 1.37 bits per heavy atom. The molecule has 1 saturated heterocycles. The van der Waals surface area contributed by atoms with E-state index in [-0.39, 0.29) is 5.54 Å². The van der Waals surface area contributed by atoms with E-state index < -0.39 is 0 Å². The first-order valence-electron chi connectivity index (χ1n) is 7.07. The van der Waals surface area contributed by atoms with Crippen molar-refractivity contribution in [2.24, 2.45) is 0 Å². The van der Waals surface area contributed by atoms with Crippen LogP contribution in [0.25, 0.3) is 0 Å². The number of hydrogen-bond acceptors (Lipinski definition) is 5. The Labute approximate surface area is 115 Å². The Hall–Kier alpha value is -1.07. The van der Waals surface area contributed by atoms with E-state index in [9.17, 15) is 0 Å². The molecule has 0 amide bonds. The van der Waals surface area contributed by atoms with Crippen molar-refractivity contribution in [2.75, 3.05) is 26.2 Å². The number of hydrogen-bond donors (Lipinski definition) is 1. The van der Waals surface area contributed by atoms with Gasteiger partial charge in [0.2, 0.25) is 0 Å². The van der Waals surface area contributed by atoms with Crippen molar-refractivity contribution in [3.8, 4) is 6.08 Å². The molecule has 0 radical (unpaired) electrons. The van der Waals surface area contributed by atoms with Gasteiger partial charge in [-0.25, -0.2) is 0 Å². The fourth-order valence-corrected chi connectivity index (χ4v) is 2.06. The van der Waals surface area contributed by atoms with E-state index in [1.54, 1.807) is 6.26 Å². The molecule has 1 N–H and O–H groups in total. The average Bonchev–Trinajstić information content (AvgIpc) is 2.97. The van der Waals surface area contributed by atoms with E-state index in [2.05, 4.69) is 36.0 Å². The molecule has 0 atom stereocenters. The molecule has 0 bridgehead atoms. The molecule has 0 spiro atoms. The maximum absolute atomic E-state index is 5.53. The van der Waals surface area contributed by atoms with Gasteiger partial charge in [0.05, 0.1) is 5.69 Å². The molecule has 2 heterocycles. The fourth-order valence-electron chi connectivity index (χ4n) is 2.06. The molecule has 1 aromatic rings. The van der Waals surface area contributed by atoms with Crippen LogP contribution in [0.1, 0.15) is 39.3 Å². The summed E-state index contributed by atoms with van der Waals surface area (Å²) in [6, 6.07) is 0. The minimum atomic E-state index is 0.0791. The van der Waals surface area contributed by atoms with Crippen LogP contribution in [-0.4, -0.2) is 41.7 Å². The smallest absolute Gasteiger partial charge is 0.393 e. The highest BCUT2D eigenvalue weighted by Crippen LogP contribution is 2.12. The van der Waals surface area contributed by atoms with Crippen LogP contribution in [0.2, 0.25) is 0 Å². The van der Waals surface area contributed by atoms with Crippen LogP contribution >= 0.6 is 0 Å². The van der Waals surface area contributed by atoms with Crippen molar-refractivity contribution in [1.29, 1.82) is 0 Å². The van der Waals surface area contributed by atoms with Gasteiger partial charge in [-0.2, -0.15) is 4.98 Å². The Bertz CT molecular complexity index is 378. The highest BCUT2D eigenvalue weighted by molar-refractivity contribution is 5.00. The lowest BCUT2D eigenvalue weighted by Crippen LogP contribution is -2.35. The Morgan fingerprint density at radius 3 is 2.79 bits per heavy atom. The molecule has 5 nitrogen and oxygen atoms in total. The maximum Gasteiger partial charge on any atom is 0.393 e. The zero-order valence-corrected chi connectivity index (χ0v) is 12.2. The second-order valence-corrected chi connectivity index (χ2v) is 6.11. The number of aromatic nitrogens is 1. The number of likely N-dealkylation sites (tertiary alicyclic amines) is 1. The van der Waals surface area contributed by atoms with Crippen molar-refractivity contribution in [3.05, 3.63) is 12.0 Å². The topological polar surface area (TPSA) is 50.5 Å². The van der Waals surface area contributed by atoms with Gasteiger partial charge in [0.25, 0.3) is 0 Å². The van der Waals surface area contributed by atoms with E-state index in [4.69, 9.17) is 9.15 Å². The quantitative estimate of drug-likeness (QED) is 0.854. The maximum atomic E-state index is 5.53. The lowest BCUT2D eigenvalue weighted by atomic mass is 10.1. The lowest BCUT2D eigenvalue weighted by molar-refractivity contribution is 0.191. The average molecular weight is 267 g/mol. The van der Waals surface area contributed by atoms with Crippen molar-refractivity contribution in [2.45, 2.75) is 45.7 Å². The molecule has 108 valence electrons. The predicted octanol–water partition coefficient (Wildman–Crippen LogP) is 2.04. The molecule has 0 unspecified atom stereocenters. The van der Waals surface area contributed by atoms with Crippen LogP contribution < -0.4 is 10.1 Å². The van der Waals surface area contributed by atoms with E-state index in [1.165, 1.54) is 25.9 Å². The van der Waals surface area contributed by atoms with Gasteiger partial charge in [0.1, 0.15) is 12.9 Å². The summed E-state index contributed by atoms with van der Waals surface area (Å²) >= 11 is 0. The van der Waals surface area contributed by atoms with Gasteiger partial charge in [-0.1, -0.05) is 0 Å². The highest BCUT2D eigenvalue weighted by Gasteiger charge is 2.13. The van der Waals surface area contributed by atoms with E-state index in [1.807, 2.05) is 0 Å². The van der Waals surface area contributed by atoms with E-state index in [0.717, 1.165) is 12.2 Å². The standard InChI is InChI=1S/C14H25N3O2/c1-14(2,3)15-10-12-11-19-13(16-12)18-9-8-17-6-4-5-7-17/h11,15H,4-10H2,1-3H3. The number of nitrogens with one attached hydrogen (secondary N) is 1. The molecule has 1 aromatic heterocycles. The Morgan fingerprint density at radius 2 is 2.11 bits per heavy atom. The Kier molecular flexibility index (Phi) is 4.82. The van der Waals surface area contributed by atoms with Crippen molar-refractivity contribution in [1.82, 2.24) is 15.2 Å². The van der Waals surface area contributed by atoms with Crippen LogP contribution in [0.3, 0.4) is 0 Å². The normalized spacial score (nSPS) is 17.0. The third-order valence-electron chi connectivity index (χ3n) is 3.16. The van der Waals surface area contributed by atoms with Gasteiger partial charge in [0.15, 0.2) is 0 Å². The lowest BCUT2D eigenvalue weighted by Gasteiger charge is -2.19. The van der Waals surface area contributed by atoms with Gasteiger partial charge in [-0.05, 0) is 46.7 Å². The number of oxazole rings is 1. The SMILES string of the molecule is CC(C)(C)NCc1coc(OCCN2CCCC2)n1. The van der Waals surface area contributed by atoms with E-state index >= 15 is 0 Å². The summed E-state index contributed by atoms with van der Waals surface area (Å²) in [5, 5.41) is 3.37. The highest BCUT2D eigenvalue weighted by atomic mass is 16.6. The van der Waals surface area contributed by atoms with Gasteiger partial charge in [-0.3, -0.25) is 4.90 Å². The second-order valence-electron chi connectivity index (χ2n) is 6.11. The second kappa shape index (κ2) is 6.39. The molecule has 1 aliphatic rings. The number of rotatable bonds is 6. The van der Waals surface area contributed by atoms with Gasteiger partial charge < -0.3 is 14.5 Å². The molecule has 1 aliphatic heterocycles. The predicted molar refractivity (Wildman–Crippen MR) is 74.3 cm³/mol.